The van der Waals surface area contributed by atoms with E-state index in [1.54, 1.807) is 61.8 Å². The number of pyridine rings is 1. The predicted octanol–water partition coefficient (Wildman–Crippen LogP) is 8.14. The number of H-pyrrole nitrogens is 1. The summed E-state index contributed by atoms with van der Waals surface area (Å²) in [6.07, 6.45) is 3.56. The number of hydrogen-bond donors (Lipinski definition) is 6. The molecule has 3 amide bonds. The van der Waals surface area contributed by atoms with Crippen molar-refractivity contribution in [3.05, 3.63) is 133 Å². The van der Waals surface area contributed by atoms with Crippen molar-refractivity contribution in [2.24, 2.45) is 0 Å². The van der Waals surface area contributed by atoms with Crippen molar-refractivity contribution in [3.8, 4) is 28.3 Å². The summed E-state index contributed by atoms with van der Waals surface area (Å²) in [5, 5.41) is 15.2. The Kier molecular flexibility index (Phi) is 9.18. The van der Waals surface area contributed by atoms with Crippen LogP contribution in [0.5, 0.6) is 5.75 Å². The van der Waals surface area contributed by atoms with E-state index in [2.05, 4.69) is 43.1 Å². The van der Waals surface area contributed by atoms with Gasteiger partial charge in [-0.05, 0) is 72.8 Å². The molecule has 0 aliphatic carbocycles. The van der Waals surface area contributed by atoms with Crippen LogP contribution in [0, 0.1) is 0 Å². The largest absolute Gasteiger partial charge is 0.495 e. The fourth-order valence-electron chi connectivity index (χ4n) is 5.92. The average molecular weight is 691 g/mol. The zero-order valence-corrected chi connectivity index (χ0v) is 28.3. The molecule has 2 aromatic heterocycles. The SMILES string of the molecule is C=CC(=O)Nc1ccc(OC)c(Nc2cc(-c3[nH]c(CC)nc3-c3cccc(NC(=O)c4cccc5c4NC(=O)c4ccccc4N5)c3)ccn2)c1. The molecule has 0 saturated carbocycles. The van der Waals surface area contributed by atoms with Gasteiger partial charge >= 0.3 is 0 Å². The van der Waals surface area contributed by atoms with E-state index in [0.717, 1.165) is 22.6 Å². The van der Waals surface area contributed by atoms with Crippen molar-refractivity contribution in [2.75, 3.05) is 33.7 Å². The van der Waals surface area contributed by atoms with Crippen molar-refractivity contribution >= 4 is 57.7 Å². The molecule has 0 unspecified atom stereocenters. The molecule has 1 aliphatic rings. The third kappa shape index (κ3) is 6.81. The lowest BCUT2D eigenvalue weighted by Gasteiger charge is -2.14. The molecule has 0 spiro atoms. The number of benzene rings is 4. The number of para-hydroxylation sites is 2. The zero-order valence-electron chi connectivity index (χ0n) is 28.3. The van der Waals surface area contributed by atoms with Gasteiger partial charge in [-0.1, -0.05) is 43.8 Å². The highest BCUT2D eigenvalue weighted by molar-refractivity contribution is 6.18. The number of aryl methyl sites for hydroxylation is 1. The van der Waals surface area contributed by atoms with Crippen molar-refractivity contribution in [1.82, 2.24) is 15.0 Å². The summed E-state index contributed by atoms with van der Waals surface area (Å²) in [7, 11) is 1.56. The molecule has 0 bridgehead atoms. The van der Waals surface area contributed by atoms with E-state index in [4.69, 9.17) is 9.72 Å². The third-order valence-electron chi connectivity index (χ3n) is 8.43. The molecular formula is C40H34N8O4. The Morgan fingerprint density at radius 2 is 1.67 bits per heavy atom. The number of carbonyl (C=O) groups is 3. The normalized spacial score (nSPS) is 11.5. The lowest BCUT2D eigenvalue weighted by molar-refractivity contribution is -0.111. The van der Waals surface area contributed by atoms with E-state index in [0.29, 0.717) is 68.9 Å². The Bertz CT molecular complexity index is 2370. The molecule has 52 heavy (non-hydrogen) atoms. The Hall–Kier alpha value is -7.21. The minimum absolute atomic E-state index is 0.305. The first-order chi connectivity index (χ1) is 25.3. The number of fused-ring (bicyclic) bond motifs is 2. The van der Waals surface area contributed by atoms with Gasteiger partial charge in [0.1, 0.15) is 17.4 Å². The average Bonchev–Trinajstić information content (AvgIpc) is 3.54. The lowest BCUT2D eigenvalue weighted by Crippen LogP contribution is -2.17. The van der Waals surface area contributed by atoms with Gasteiger partial charge < -0.3 is 36.3 Å². The molecule has 0 radical (unpaired) electrons. The lowest BCUT2D eigenvalue weighted by atomic mass is 10.0. The fraction of sp³-hybridized carbons (Fsp3) is 0.0750. The quantitative estimate of drug-likeness (QED) is 0.0785. The van der Waals surface area contributed by atoms with Crippen molar-refractivity contribution in [3.63, 3.8) is 0 Å². The van der Waals surface area contributed by atoms with Crippen molar-refractivity contribution in [1.29, 1.82) is 0 Å². The summed E-state index contributed by atoms with van der Waals surface area (Å²) in [6, 6.07) is 28.9. The highest BCUT2D eigenvalue weighted by Crippen LogP contribution is 2.37. The Labute approximate surface area is 299 Å². The van der Waals surface area contributed by atoms with Gasteiger partial charge in [-0.25, -0.2) is 9.97 Å². The third-order valence-corrected chi connectivity index (χ3v) is 8.43. The molecule has 12 heteroatoms. The van der Waals surface area contributed by atoms with Crippen LogP contribution in [0.3, 0.4) is 0 Å². The number of ether oxygens (including phenoxy) is 1. The van der Waals surface area contributed by atoms with Gasteiger partial charge in [0.2, 0.25) is 5.91 Å². The number of hydrogen-bond acceptors (Lipinski definition) is 8. The monoisotopic (exact) mass is 690 g/mol. The first kappa shape index (κ1) is 33.3. The molecular weight excluding hydrogens is 656 g/mol. The van der Waals surface area contributed by atoms with Crippen LogP contribution < -0.4 is 31.3 Å². The summed E-state index contributed by atoms with van der Waals surface area (Å²) in [4.78, 5) is 51.5. The number of aromatic nitrogens is 3. The maximum absolute atomic E-state index is 13.7. The Morgan fingerprint density at radius 1 is 0.865 bits per heavy atom. The van der Waals surface area contributed by atoms with Gasteiger partial charge in [-0.3, -0.25) is 14.4 Å². The number of rotatable bonds is 10. The summed E-state index contributed by atoms with van der Waals surface area (Å²) in [5.41, 5.74) is 7.25. The molecule has 0 fully saturated rings. The molecule has 258 valence electrons. The number of nitrogens with one attached hydrogen (secondary N) is 6. The summed E-state index contributed by atoms with van der Waals surface area (Å²) in [6.45, 7) is 5.52. The van der Waals surface area contributed by atoms with Gasteiger partial charge in [0.15, 0.2) is 0 Å². The number of anilines is 7. The number of amides is 3. The summed E-state index contributed by atoms with van der Waals surface area (Å²) in [5.74, 6) is 0.870. The first-order valence-electron chi connectivity index (χ1n) is 16.5. The second kappa shape index (κ2) is 14.3. The maximum atomic E-state index is 13.7. The second-order valence-electron chi connectivity index (χ2n) is 11.8. The van der Waals surface area contributed by atoms with E-state index < -0.39 is 0 Å². The molecule has 0 atom stereocenters. The van der Waals surface area contributed by atoms with Gasteiger partial charge in [-0.15, -0.1) is 0 Å². The maximum Gasteiger partial charge on any atom is 0.257 e. The molecule has 12 nitrogen and oxygen atoms in total. The number of imidazole rings is 1. The Balaban J connectivity index is 1.16. The van der Waals surface area contributed by atoms with Gasteiger partial charge in [0, 0.05) is 35.1 Å². The van der Waals surface area contributed by atoms with E-state index in [-0.39, 0.29) is 17.7 Å². The number of methoxy groups -OCH3 is 1. The fourth-order valence-corrected chi connectivity index (χ4v) is 5.92. The van der Waals surface area contributed by atoms with Crippen molar-refractivity contribution < 1.29 is 19.1 Å². The topological polar surface area (TPSA) is 162 Å². The van der Waals surface area contributed by atoms with Gasteiger partial charge in [0.05, 0.1) is 52.4 Å². The minimum Gasteiger partial charge on any atom is -0.495 e. The van der Waals surface area contributed by atoms with E-state index in [1.165, 1.54) is 6.08 Å². The molecule has 1 aliphatic heterocycles. The highest BCUT2D eigenvalue weighted by Gasteiger charge is 2.24. The van der Waals surface area contributed by atoms with E-state index >= 15 is 0 Å². The van der Waals surface area contributed by atoms with Crippen LogP contribution in [0.25, 0.3) is 22.5 Å². The van der Waals surface area contributed by atoms with Gasteiger partial charge in [-0.2, -0.15) is 0 Å². The molecule has 7 rings (SSSR count). The van der Waals surface area contributed by atoms with Crippen LogP contribution in [0.1, 0.15) is 33.5 Å². The molecule has 0 saturated heterocycles. The predicted molar refractivity (Wildman–Crippen MR) is 204 cm³/mol. The Morgan fingerprint density at radius 3 is 2.50 bits per heavy atom. The summed E-state index contributed by atoms with van der Waals surface area (Å²) >= 11 is 0. The summed E-state index contributed by atoms with van der Waals surface area (Å²) < 4.78 is 5.54. The highest BCUT2D eigenvalue weighted by atomic mass is 16.5. The van der Waals surface area contributed by atoms with Crippen LogP contribution in [0.4, 0.5) is 39.9 Å². The molecule has 3 heterocycles. The van der Waals surface area contributed by atoms with Crippen molar-refractivity contribution in [2.45, 2.75) is 13.3 Å². The standard InChI is InChI=1S/C40H34N8O4/c1-4-33-46-36(37(47-33)24-18-19-41-34(21-24)45-31-22-26(42-35(49)5-2)16-17-32(31)52-3)23-10-8-11-25(20-23)43-40(51)28-13-9-15-30-38(28)48-39(50)27-12-6-7-14-29(27)44-30/h5-22,44H,2,4H2,1,3H3,(H,41,45)(H,42,49)(H,43,51)(H,46,47)(H,48,50). The van der Waals surface area contributed by atoms with E-state index in [1.807, 2.05) is 55.5 Å². The molecule has 6 N–H and O–H groups in total. The van der Waals surface area contributed by atoms with Crippen LogP contribution in [0.2, 0.25) is 0 Å². The number of carbonyl (C=O) groups excluding carboxylic acids is 3. The number of aromatic amines is 1. The van der Waals surface area contributed by atoms with Crippen LogP contribution in [0.15, 0.2) is 116 Å². The van der Waals surface area contributed by atoms with Gasteiger partial charge in [0.25, 0.3) is 11.8 Å². The number of nitrogens with zero attached hydrogens (tertiary/aromatic N) is 2. The van der Waals surface area contributed by atoms with Crippen LogP contribution >= 0.6 is 0 Å². The minimum atomic E-state index is -0.382. The van der Waals surface area contributed by atoms with Crippen LogP contribution in [-0.2, 0) is 11.2 Å². The zero-order chi connectivity index (χ0) is 36.2. The molecule has 4 aromatic carbocycles. The van der Waals surface area contributed by atoms with E-state index in [9.17, 15) is 14.4 Å². The smallest absolute Gasteiger partial charge is 0.257 e. The van der Waals surface area contributed by atoms with Crippen LogP contribution in [-0.4, -0.2) is 39.8 Å². The molecule has 6 aromatic rings. The second-order valence-corrected chi connectivity index (χ2v) is 11.8. The first-order valence-corrected chi connectivity index (χ1v) is 16.5.